The maximum Gasteiger partial charge on any atom is 0.154 e. The second kappa shape index (κ2) is 4.43. The largest absolute Gasteiger partial charge is 0.396 e. The van der Waals surface area contributed by atoms with E-state index < -0.39 is 5.92 Å². The smallest absolute Gasteiger partial charge is 0.154 e. The van der Waals surface area contributed by atoms with Gasteiger partial charge in [0.2, 0.25) is 0 Å². The summed E-state index contributed by atoms with van der Waals surface area (Å²) in [6.07, 6.45) is 0. The molecule has 0 aliphatic rings. The molecule has 0 amide bonds. The first-order valence-electron chi connectivity index (χ1n) is 2.70. The lowest BCUT2D eigenvalue weighted by molar-refractivity contribution is -0.123. The third-order valence-corrected chi connectivity index (χ3v) is 1.10. The first kappa shape index (κ1) is 8.55. The van der Waals surface area contributed by atoms with E-state index in [2.05, 4.69) is 0 Å². The Kier molecular flexibility index (Phi) is 4.21. The molecule has 54 valence electrons. The summed E-state index contributed by atoms with van der Waals surface area (Å²) in [5.41, 5.74) is 4.95. The molecule has 0 radical (unpaired) electrons. The molecule has 0 rings (SSSR count). The molecule has 0 saturated carbocycles. The lowest BCUT2D eigenvalue weighted by atomic mass is 10.1. The van der Waals surface area contributed by atoms with Crippen LogP contribution in [0.5, 0.6) is 0 Å². The third kappa shape index (κ3) is 2.55. The minimum Gasteiger partial charge on any atom is -0.396 e. The Morgan fingerprint density at radius 3 is 2.00 bits per heavy atom. The first-order chi connectivity index (χ1) is 4.26. The van der Waals surface area contributed by atoms with Gasteiger partial charge in [-0.15, -0.1) is 0 Å². The van der Waals surface area contributed by atoms with Crippen LogP contribution in [0.25, 0.3) is 0 Å². The van der Waals surface area contributed by atoms with Gasteiger partial charge in [-0.3, -0.25) is 4.79 Å². The number of carbonyl (C=O) groups excluding carboxylic acids is 1. The van der Waals surface area contributed by atoms with Crippen LogP contribution in [-0.2, 0) is 4.79 Å². The van der Waals surface area contributed by atoms with Crippen molar-refractivity contribution >= 4 is 5.78 Å². The van der Waals surface area contributed by atoms with E-state index in [-0.39, 0.29) is 25.5 Å². The number of aliphatic hydroxyl groups is 2. The third-order valence-electron chi connectivity index (χ3n) is 1.10. The summed E-state index contributed by atoms with van der Waals surface area (Å²) in [7, 11) is 0. The van der Waals surface area contributed by atoms with Gasteiger partial charge in [0.05, 0.1) is 25.7 Å². The van der Waals surface area contributed by atoms with E-state index in [9.17, 15) is 4.79 Å². The normalized spacial score (nSPS) is 10.2. The summed E-state index contributed by atoms with van der Waals surface area (Å²) < 4.78 is 0. The maximum atomic E-state index is 10.5. The second-order valence-corrected chi connectivity index (χ2v) is 1.73. The van der Waals surface area contributed by atoms with Crippen LogP contribution in [0.15, 0.2) is 0 Å². The van der Waals surface area contributed by atoms with E-state index in [1.807, 2.05) is 0 Å². The first-order valence-corrected chi connectivity index (χ1v) is 2.70. The summed E-state index contributed by atoms with van der Waals surface area (Å²) in [6, 6.07) is 0. The monoisotopic (exact) mass is 133 g/mol. The lowest BCUT2D eigenvalue weighted by Crippen LogP contribution is -2.28. The predicted octanol–water partition coefficient (Wildman–Crippen LogP) is -1.89. The Bertz CT molecular complexity index is 90.2. The number of hydrogen-bond donors (Lipinski definition) is 3. The van der Waals surface area contributed by atoms with E-state index >= 15 is 0 Å². The van der Waals surface area contributed by atoms with Crippen molar-refractivity contribution in [3.05, 3.63) is 0 Å². The Morgan fingerprint density at radius 2 is 1.89 bits per heavy atom. The van der Waals surface area contributed by atoms with Crippen LogP contribution in [0.4, 0.5) is 0 Å². The number of ketones is 1. The number of aliphatic hydroxyl groups excluding tert-OH is 2. The highest BCUT2D eigenvalue weighted by atomic mass is 16.3. The SMILES string of the molecule is NCC(=O)C(CO)CO. The molecule has 0 bridgehead atoms. The van der Waals surface area contributed by atoms with Gasteiger partial charge in [0.25, 0.3) is 0 Å². The fraction of sp³-hybridized carbons (Fsp3) is 0.800. The molecule has 0 heterocycles. The van der Waals surface area contributed by atoms with Crippen molar-refractivity contribution in [3.63, 3.8) is 0 Å². The van der Waals surface area contributed by atoms with Crippen molar-refractivity contribution in [1.29, 1.82) is 0 Å². The molecule has 0 fully saturated rings. The van der Waals surface area contributed by atoms with Gasteiger partial charge in [0.15, 0.2) is 5.78 Å². The van der Waals surface area contributed by atoms with Gasteiger partial charge >= 0.3 is 0 Å². The summed E-state index contributed by atoms with van der Waals surface area (Å²) in [6.45, 7) is -0.773. The second-order valence-electron chi connectivity index (χ2n) is 1.73. The van der Waals surface area contributed by atoms with Crippen LogP contribution >= 0.6 is 0 Å². The van der Waals surface area contributed by atoms with Gasteiger partial charge in [-0.05, 0) is 0 Å². The summed E-state index contributed by atoms with van der Waals surface area (Å²) >= 11 is 0. The minimum absolute atomic E-state index is 0.119. The maximum absolute atomic E-state index is 10.5. The predicted molar refractivity (Wildman–Crippen MR) is 31.7 cm³/mol. The number of carbonyl (C=O) groups is 1. The Morgan fingerprint density at radius 1 is 1.44 bits per heavy atom. The molecule has 0 unspecified atom stereocenters. The van der Waals surface area contributed by atoms with E-state index in [1.165, 1.54) is 0 Å². The van der Waals surface area contributed by atoms with Crippen molar-refractivity contribution < 1.29 is 15.0 Å². The zero-order chi connectivity index (χ0) is 7.28. The zero-order valence-corrected chi connectivity index (χ0v) is 5.08. The molecule has 0 aliphatic heterocycles. The van der Waals surface area contributed by atoms with Crippen LogP contribution in [0.3, 0.4) is 0 Å². The molecule has 4 N–H and O–H groups in total. The van der Waals surface area contributed by atoms with Crippen molar-refractivity contribution in [2.24, 2.45) is 11.7 Å². The molecule has 0 aromatic heterocycles. The van der Waals surface area contributed by atoms with Crippen LogP contribution in [-0.4, -0.2) is 35.8 Å². The van der Waals surface area contributed by atoms with Crippen molar-refractivity contribution in [2.75, 3.05) is 19.8 Å². The van der Waals surface area contributed by atoms with Crippen molar-refractivity contribution in [3.8, 4) is 0 Å². The van der Waals surface area contributed by atoms with E-state index in [4.69, 9.17) is 15.9 Å². The molecule has 0 saturated heterocycles. The fourth-order valence-corrected chi connectivity index (χ4v) is 0.428. The average Bonchev–Trinajstić information content (AvgIpc) is 1.90. The van der Waals surface area contributed by atoms with Gasteiger partial charge in [0.1, 0.15) is 0 Å². The highest BCUT2D eigenvalue weighted by molar-refractivity contribution is 5.82. The average molecular weight is 133 g/mol. The molecule has 0 spiro atoms. The number of hydrogen-bond acceptors (Lipinski definition) is 4. The summed E-state index contributed by atoms with van der Waals surface area (Å²) in [5.74, 6) is -0.991. The molecule has 4 heteroatoms. The van der Waals surface area contributed by atoms with E-state index in [0.717, 1.165) is 0 Å². The quantitative estimate of drug-likeness (QED) is 0.419. The van der Waals surface area contributed by atoms with Crippen LogP contribution in [0.2, 0.25) is 0 Å². The molecular weight excluding hydrogens is 122 g/mol. The molecule has 0 aromatic rings. The van der Waals surface area contributed by atoms with Gasteiger partial charge < -0.3 is 15.9 Å². The summed E-state index contributed by atoms with van der Waals surface area (Å²) in [4.78, 5) is 10.5. The van der Waals surface area contributed by atoms with Crippen LogP contribution in [0, 0.1) is 5.92 Å². The fourth-order valence-electron chi connectivity index (χ4n) is 0.428. The molecule has 9 heavy (non-hydrogen) atoms. The molecular formula is C5H11NO3. The highest BCUT2D eigenvalue weighted by Crippen LogP contribution is 1.92. The van der Waals surface area contributed by atoms with Gasteiger partial charge in [-0.1, -0.05) is 0 Å². The number of Topliss-reactive ketones (excluding diaryl/α,β-unsaturated/α-hetero) is 1. The highest BCUT2D eigenvalue weighted by Gasteiger charge is 2.13. The number of nitrogens with two attached hydrogens (primary N) is 1. The molecule has 0 aliphatic carbocycles. The molecule has 0 atom stereocenters. The van der Waals surface area contributed by atoms with Crippen LogP contribution in [0.1, 0.15) is 0 Å². The molecule has 0 aromatic carbocycles. The van der Waals surface area contributed by atoms with Crippen molar-refractivity contribution in [1.82, 2.24) is 0 Å². The van der Waals surface area contributed by atoms with Gasteiger partial charge in [0, 0.05) is 0 Å². The van der Waals surface area contributed by atoms with Gasteiger partial charge in [-0.25, -0.2) is 0 Å². The Hall–Kier alpha value is -0.450. The van der Waals surface area contributed by atoms with Crippen molar-refractivity contribution in [2.45, 2.75) is 0 Å². The minimum atomic E-state index is -0.685. The topological polar surface area (TPSA) is 83.6 Å². The van der Waals surface area contributed by atoms with E-state index in [0.29, 0.717) is 0 Å². The van der Waals surface area contributed by atoms with Crippen LogP contribution < -0.4 is 5.73 Å². The lowest BCUT2D eigenvalue weighted by Gasteiger charge is -2.05. The van der Waals surface area contributed by atoms with E-state index in [1.54, 1.807) is 0 Å². The Balaban J connectivity index is 3.64. The zero-order valence-electron chi connectivity index (χ0n) is 5.08. The Labute approximate surface area is 53.3 Å². The van der Waals surface area contributed by atoms with Gasteiger partial charge in [-0.2, -0.15) is 0 Å². The molecule has 4 nitrogen and oxygen atoms in total. The standard InChI is InChI=1S/C5H11NO3/c6-1-5(9)4(2-7)3-8/h4,7-8H,1-3,6H2. The number of rotatable bonds is 4. The summed E-state index contributed by atoms with van der Waals surface area (Å²) in [5, 5.41) is 16.8.